The van der Waals surface area contributed by atoms with Crippen LogP contribution in [0.25, 0.3) is 0 Å². The van der Waals surface area contributed by atoms with Crippen LogP contribution in [0.5, 0.6) is 0 Å². The number of aryl methyl sites for hydroxylation is 1. The number of carbonyl (C=O) groups excluding carboxylic acids is 1. The number of hydrogen-bond acceptors (Lipinski definition) is 3. The molecule has 1 aromatic carbocycles. The van der Waals surface area contributed by atoms with Crippen LogP contribution in [-0.4, -0.2) is 30.5 Å². The Balaban J connectivity index is 1.44. The molecule has 1 saturated heterocycles. The van der Waals surface area contributed by atoms with E-state index in [-0.39, 0.29) is 5.91 Å². The zero-order valence-corrected chi connectivity index (χ0v) is 14.0. The molecule has 0 radical (unpaired) electrons. The number of pyridine rings is 1. The van der Waals surface area contributed by atoms with Gasteiger partial charge >= 0.3 is 0 Å². The first kappa shape index (κ1) is 16.7. The van der Waals surface area contributed by atoms with E-state index < -0.39 is 0 Å². The molecule has 1 atom stereocenters. The number of hydrogen-bond donors (Lipinski definition) is 2. The second-order valence-electron chi connectivity index (χ2n) is 6.35. The van der Waals surface area contributed by atoms with Gasteiger partial charge in [-0.2, -0.15) is 0 Å². The summed E-state index contributed by atoms with van der Waals surface area (Å²) in [6.07, 6.45) is 6.04. The number of amides is 1. The Morgan fingerprint density at radius 1 is 1.21 bits per heavy atom. The molecule has 0 spiro atoms. The normalized spacial score (nSPS) is 17.4. The number of carbonyl (C=O) groups is 1. The molecule has 4 heteroatoms. The van der Waals surface area contributed by atoms with Gasteiger partial charge in [0.25, 0.3) is 5.91 Å². The van der Waals surface area contributed by atoms with E-state index in [4.69, 9.17) is 0 Å². The molecule has 1 aromatic heterocycles. The highest BCUT2D eigenvalue weighted by Crippen LogP contribution is 2.23. The summed E-state index contributed by atoms with van der Waals surface area (Å²) in [7, 11) is 0. The van der Waals surface area contributed by atoms with E-state index in [0.717, 1.165) is 37.2 Å². The van der Waals surface area contributed by atoms with Crippen molar-refractivity contribution in [3.05, 3.63) is 65.5 Å². The lowest BCUT2D eigenvalue weighted by atomic mass is 9.91. The van der Waals surface area contributed by atoms with Crippen LogP contribution in [-0.2, 0) is 6.42 Å². The number of benzene rings is 1. The Morgan fingerprint density at radius 2 is 2.08 bits per heavy atom. The predicted octanol–water partition coefficient (Wildman–Crippen LogP) is 2.91. The summed E-state index contributed by atoms with van der Waals surface area (Å²) in [6, 6.07) is 14.0. The minimum Gasteiger partial charge on any atom is -0.352 e. The van der Waals surface area contributed by atoms with Gasteiger partial charge in [-0.1, -0.05) is 18.2 Å². The average molecular weight is 323 g/mol. The summed E-state index contributed by atoms with van der Waals surface area (Å²) in [6.45, 7) is 2.83. The standard InChI is InChI=1S/C20H25N3O/c24-20(23-14-4-7-19-6-1-2-13-22-19)17-10-8-16(9-11-17)18-5-3-12-21-15-18/h1-2,6,8-11,13,18,21H,3-5,7,12,14-15H2,(H,23,24)/t18-/m0/s1. The van der Waals surface area contributed by atoms with Crippen molar-refractivity contribution in [1.82, 2.24) is 15.6 Å². The second kappa shape index (κ2) is 8.60. The molecule has 1 amide bonds. The number of piperidine rings is 1. The van der Waals surface area contributed by atoms with E-state index in [1.165, 1.54) is 18.4 Å². The van der Waals surface area contributed by atoms with Crippen molar-refractivity contribution in [3.8, 4) is 0 Å². The first-order valence-corrected chi connectivity index (χ1v) is 8.82. The van der Waals surface area contributed by atoms with E-state index in [9.17, 15) is 4.79 Å². The maximum atomic E-state index is 12.2. The molecule has 1 aliphatic rings. The van der Waals surface area contributed by atoms with Gasteiger partial charge in [0.2, 0.25) is 0 Å². The van der Waals surface area contributed by atoms with Gasteiger partial charge in [0.05, 0.1) is 0 Å². The van der Waals surface area contributed by atoms with E-state index >= 15 is 0 Å². The molecule has 126 valence electrons. The lowest BCUT2D eigenvalue weighted by Gasteiger charge is -2.23. The summed E-state index contributed by atoms with van der Waals surface area (Å²) in [4.78, 5) is 16.5. The van der Waals surface area contributed by atoms with Crippen LogP contribution < -0.4 is 10.6 Å². The van der Waals surface area contributed by atoms with Gasteiger partial charge < -0.3 is 10.6 Å². The van der Waals surface area contributed by atoms with E-state index in [1.54, 1.807) is 6.20 Å². The summed E-state index contributed by atoms with van der Waals surface area (Å²) < 4.78 is 0. The fraction of sp³-hybridized carbons (Fsp3) is 0.400. The van der Waals surface area contributed by atoms with E-state index in [2.05, 4.69) is 27.8 Å². The van der Waals surface area contributed by atoms with Crippen molar-refractivity contribution in [2.75, 3.05) is 19.6 Å². The van der Waals surface area contributed by atoms with Crippen LogP contribution >= 0.6 is 0 Å². The maximum absolute atomic E-state index is 12.2. The minimum absolute atomic E-state index is 0.00402. The number of nitrogens with one attached hydrogen (secondary N) is 2. The quantitative estimate of drug-likeness (QED) is 0.804. The lowest BCUT2D eigenvalue weighted by Crippen LogP contribution is -2.28. The molecule has 1 fully saturated rings. The Bertz CT molecular complexity index is 634. The van der Waals surface area contributed by atoms with Crippen LogP contribution in [0.4, 0.5) is 0 Å². The van der Waals surface area contributed by atoms with Crippen LogP contribution in [0.1, 0.15) is 46.8 Å². The predicted molar refractivity (Wildman–Crippen MR) is 96.2 cm³/mol. The number of rotatable bonds is 6. The molecule has 2 heterocycles. The smallest absolute Gasteiger partial charge is 0.251 e. The van der Waals surface area contributed by atoms with Gasteiger partial charge in [-0.05, 0) is 68.0 Å². The van der Waals surface area contributed by atoms with Crippen molar-refractivity contribution in [2.24, 2.45) is 0 Å². The summed E-state index contributed by atoms with van der Waals surface area (Å²) >= 11 is 0. The van der Waals surface area contributed by atoms with Crippen molar-refractivity contribution in [3.63, 3.8) is 0 Å². The maximum Gasteiger partial charge on any atom is 0.251 e. The average Bonchev–Trinajstić information content (AvgIpc) is 2.67. The van der Waals surface area contributed by atoms with Crippen molar-refractivity contribution >= 4 is 5.91 Å². The third-order valence-corrected chi connectivity index (χ3v) is 4.56. The minimum atomic E-state index is 0.00402. The Hall–Kier alpha value is -2.20. The van der Waals surface area contributed by atoms with Crippen LogP contribution in [0.2, 0.25) is 0 Å². The Morgan fingerprint density at radius 3 is 2.79 bits per heavy atom. The molecule has 1 aliphatic heterocycles. The van der Waals surface area contributed by atoms with Crippen LogP contribution in [0, 0.1) is 0 Å². The van der Waals surface area contributed by atoms with Gasteiger partial charge in [0.1, 0.15) is 0 Å². The van der Waals surface area contributed by atoms with E-state index in [1.807, 2.05) is 30.3 Å². The van der Waals surface area contributed by atoms with Crippen LogP contribution in [0.3, 0.4) is 0 Å². The molecule has 24 heavy (non-hydrogen) atoms. The first-order chi connectivity index (χ1) is 11.8. The lowest BCUT2D eigenvalue weighted by molar-refractivity contribution is 0.0953. The Labute approximate surface area is 143 Å². The van der Waals surface area contributed by atoms with Gasteiger partial charge in [0.15, 0.2) is 0 Å². The van der Waals surface area contributed by atoms with Crippen molar-refractivity contribution < 1.29 is 4.79 Å². The third kappa shape index (κ3) is 4.65. The molecule has 0 saturated carbocycles. The van der Waals surface area contributed by atoms with Crippen molar-refractivity contribution in [1.29, 1.82) is 0 Å². The molecule has 4 nitrogen and oxygen atoms in total. The van der Waals surface area contributed by atoms with Crippen molar-refractivity contribution in [2.45, 2.75) is 31.6 Å². The van der Waals surface area contributed by atoms with Gasteiger partial charge in [-0.15, -0.1) is 0 Å². The molecule has 2 N–H and O–H groups in total. The van der Waals surface area contributed by atoms with Gasteiger partial charge in [0, 0.05) is 30.5 Å². The summed E-state index contributed by atoms with van der Waals surface area (Å²) in [5, 5.41) is 6.42. The van der Waals surface area contributed by atoms with E-state index in [0.29, 0.717) is 12.5 Å². The molecule has 3 rings (SSSR count). The molecule has 0 unspecified atom stereocenters. The van der Waals surface area contributed by atoms with Gasteiger partial charge in [-0.3, -0.25) is 9.78 Å². The van der Waals surface area contributed by atoms with Crippen LogP contribution in [0.15, 0.2) is 48.7 Å². The first-order valence-electron chi connectivity index (χ1n) is 8.82. The van der Waals surface area contributed by atoms with Gasteiger partial charge in [-0.25, -0.2) is 0 Å². The summed E-state index contributed by atoms with van der Waals surface area (Å²) in [5.41, 5.74) is 3.13. The second-order valence-corrected chi connectivity index (χ2v) is 6.35. The number of aromatic nitrogens is 1. The molecular formula is C20H25N3O. The molecular weight excluding hydrogens is 298 g/mol. The third-order valence-electron chi connectivity index (χ3n) is 4.56. The number of nitrogens with zero attached hydrogens (tertiary/aromatic N) is 1. The molecule has 2 aromatic rings. The summed E-state index contributed by atoms with van der Waals surface area (Å²) in [5.74, 6) is 0.582. The SMILES string of the molecule is O=C(NCCCc1ccccn1)c1ccc([C@H]2CCCNC2)cc1. The zero-order chi connectivity index (χ0) is 16.6. The highest BCUT2D eigenvalue weighted by Gasteiger charge is 2.15. The highest BCUT2D eigenvalue weighted by molar-refractivity contribution is 5.94. The fourth-order valence-corrected chi connectivity index (χ4v) is 3.16. The molecule has 0 aliphatic carbocycles. The highest BCUT2D eigenvalue weighted by atomic mass is 16.1. The Kier molecular flexibility index (Phi) is 5.96. The topological polar surface area (TPSA) is 54.0 Å². The zero-order valence-electron chi connectivity index (χ0n) is 14.0. The fourth-order valence-electron chi connectivity index (χ4n) is 3.16. The monoisotopic (exact) mass is 323 g/mol. The molecule has 0 bridgehead atoms. The largest absolute Gasteiger partial charge is 0.352 e.